The van der Waals surface area contributed by atoms with Crippen molar-refractivity contribution in [1.82, 2.24) is 19.2 Å². The van der Waals surface area contributed by atoms with Crippen LogP contribution in [0.2, 0.25) is 0 Å². The molecule has 0 N–H and O–H groups in total. The number of benzene rings is 2. The van der Waals surface area contributed by atoms with E-state index >= 15 is 0 Å². The van der Waals surface area contributed by atoms with Gasteiger partial charge >= 0.3 is 6.01 Å². The highest BCUT2D eigenvalue weighted by Gasteiger charge is 2.39. The first-order valence-corrected chi connectivity index (χ1v) is 16.2. The van der Waals surface area contributed by atoms with Crippen LogP contribution in [0.15, 0.2) is 59.6 Å². The first-order chi connectivity index (χ1) is 20.2. The summed E-state index contributed by atoms with van der Waals surface area (Å²) in [6.45, 7) is 6.03. The van der Waals surface area contributed by atoms with Gasteiger partial charge in [0.05, 0.1) is 18.0 Å². The lowest BCUT2D eigenvalue weighted by atomic mass is 9.80. The third-order valence-electron chi connectivity index (χ3n) is 8.91. The Bertz CT molecular complexity index is 1450. The fraction of sp³-hybridized carbons (Fsp3) is 0.500. The molecular weight excluding hydrogens is 550 g/mol. The van der Waals surface area contributed by atoms with Crippen LogP contribution in [-0.2, 0) is 15.6 Å². The largest absolute Gasteiger partial charge is 0.497 e. The smallest absolute Gasteiger partial charge is 0.318 e. The normalized spacial score (nSPS) is 19.6. The maximum absolute atomic E-state index is 13.9. The Morgan fingerprint density at radius 1 is 1.00 bits per heavy atom. The number of piperidine rings is 2. The number of sulfonamides is 1. The van der Waals surface area contributed by atoms with Gasteiger partial charge in [-0.3, -0.25) is 4.90 Å². The van der Waals surface area contributed by atoms with E-state index in [0.717, 1.165) is 51.0 Å². The van der Waals surface area contributed by atoms with Gasteiger partial charge in [0, 0.05) is 31.4 Å². The van der Waals surface area contributed by atoms with Crippen molar-refractivity contribution in [1.29, 1.82) is 0 Å². The number of anilines is 1. The fourth-order valence-corrected chi connectivity index (χ4v) is 8.70. The van der Waals surface area contributed by atoms with E-state index < -0.39 is 10.0 Å². The molecule has 0 saturated carbocycles. The molecule has 1 unspecified atom stereocenters. The molecule has 0 radical (unpaired) electrons. The average molecular weight is 594 g/mol. The van der Waals surface area contributed by atoms with Gasteiger partial charge in [0.25, 0.3) is 0 Å². The molecule has 3 aromatic rings. The van der Waals surface area contributed by atoms with Crippen molar-refractivity contribution < 1.29 is 17.9 Å². The highest BCUT2D eigenvalue weighted by Crippen LogP contribution is 2.38. The number of ether oxygens (including phenoxy) is 2. The van der Waals surface area contributed by atoms with Gasteiger partial charge < -0.3 is 14.4 Å². The van der Waals surface area contributed by atoms with Crippen molar-refractivity contribution in [3.05, 3.63) is 71.4 Å². The second-order valence-corrected chi connectivity index (χ2v) is 13.5. The quantitative estimate of drug-likeness (QED) is 0.350. The summed E-state index contributed by atoms with van der Waals surface area (Å²) >= 11 is 0. The summed E-state index contributed by atoms with van der Waals surface area (Å²) in [5, 5.41) is 0. The molecule has 1 atom stereocenters. The van der Waals surface area contributed by atoms with Crippen LogP contribution in [-0.4, -0.2) is 81.1 Å². The average Bonchev–Trinajstić information content (AvgIpc) is 3.00. The lowest BCUT2D eigenvalue weighted by Crippen LogP contribution is -2.50. The van der Waals surface area contributed by atoms with E-state index in [1.165, 1.54) is 5.56 Å². The third kappa shape index (κ3) is 5.98. The molecule has 0 spiro atoms. The molecule has 2 aliphatic rings. The molecule has 9 nitrogen and oxygen atoms in total. The Morgan fingerprint density at radius 2 is 1.69 bits per heavy atom. The van der Waals surface area contributed by atoms with Crippen molar-refractivity contribution in [3.63, 3.8) is 0 Å². The molecule has 0 aliphatic carbocycles. The predicted molar refractivity (Wildman–Crippen MR) is 165 cm³/mol. The van der Waals surface area contributed by atoms with Crippen LogP contribution in [0, 0.1) is 13.8 Å². The minimum absolute atomic E-state index is 0.0132. The van der Waals surface area contributed by atoms with Crippen LogP contribution in [0.25, 0.3) is 0 Å². The van der Waals surface area contributed by atoms with E-state index in [-0.39, 0.29) is 24.2 Å². The molecule has 2 aromatic carbocycles. The van der Waals surface area contributed by atoms with E-state index in [0.29, 0.717) is 28.3 Å². The molecule has 10 heteroatoms. The van der Waals surface area contributed by atoms with E-state index in [4.69, 9.17) is 14.5 Å². The van der Waals surface area contributed by atoms with Crippen LogP contribution in [0.1, 0.15) is 48.8 Å². The van der Waals surface area contributed by atoms with Crippen LogP contribution in [0.5, 0.6) is 11.8 Å². The maximum atomic E-state index is 13.9. The number of hydrogen-bond acceptors (Lipinski definition) is 8. The predicted octanol–water partition coefficient (Wildman–Crippen LogP) is 4.78. The Hall–Kier alpha value is -3.21. The van der Waals surface area contributed by atoms with E-state index in [9.17, 15) is 8.42 Å². The zero-order valence-corrected chi connectivity index (χ0v) is 26.2. The summed E-state index contributed by atoms with van der Waals surface area (Å²) in [7, 11) is 2.18. The minimum atomic E-state index is -3.72. The Balaban J connectivity index is 1.28. The van der Waals surface area contributed by atoms with Crippen molar-refractivity contribution in [2.45, 2.75) is 62.4 Å². The first kappa shape index (κ1) is 30.3. The molecule has 0 amide bonds. The van der Waals surface area contributed by atoms with Gasteiger partial charge in [0.1, 0.15) is 18.2 Å². The van der Waals surface area contributed by atoms with Crippen molar-refractivity contribution in [3.8, 4) is 11.8 Å². The standard InChI is InChI=1S/C32H43N5O4S/c1-24-21-28(40-5)22-25(2)30(24)42(38,39)37-18-10-9-13-27(37)23-41-31-33-17-14-29(34-31)36-19-15-32(16-20-36,35(3)4)26-11-7-6-8-12-26/h6-8,11-12,14,17,21-22,27H,9-10,13,15-16,18-20,23H2,1-5H3. The lowest BCUT2D eigenvalue weighted by molar-refractivity contribution is 0.115. The van der Waals surface area contributed by atoms with Crippen LogP contribution in [0.3, 0.4) is 0 Å². The zero-order chi connectivity index (χ0) is 29.9. The van der Waals surface area contributed by atoms with Crippen LogP contribution >= 0.6 is 0 Å². The summed E-state index contributed by atoms with van der Waals surface area (Å²) in [6, 6.07) is 16.2. The van der Waals surface area contributed by atoms with E-state index in [1.54, 1.807) is 29.7 Å². The van der Waals surface area contributed by atoms with E-state index in [1.807, 2.05) is 19.9 Å². The lowest BCUT2D eigenvalue weighted by Gasteiger charge is -2.47. The van der Waals surface area contributed by atoms with Crippen molar-refractivity contribution in [2.75, 3.05) is 52.3 Å². The van der Waals surface area contributed by atoms with Gasteiger partial charge in [-0.15, -0.1) is 0 Å². The van der Waals surface area contributed by atoms with Gasteiger partial charge in [-0.1, -0.05) is 36.8 Å². The molecule has 1 aromatic heterocycles. The SMILES string of the molecule is COc1cc(C)c(S(=O)(=O)N2CCCCC2COc2nccc(N3CCC(c4ccccc4)(N(C)C)CC3)n2)c(C)c1. The second-order valence-electron chi connectivity index (χ2n) is 11.6. The number of aryl methyl sites for hydroxylation is 2. The molecule has 2 aliphatic heterocycles. The number of aromatic nitrogens is 2. The zero-order valence-electron chi connectivity index (χ0n) is 25.4. The van der Waals surface area contributed by atoms with Gasteiger partial charge in [0.2, 0.25) is 10.0 Å². The summed E-state index contributed by atoms with van der Waals surface area (Å²) in [6.07, 6.45) is 6.17. The van der Waals surface area contributed by atoms with Crippen molar-refractivity contribution in [2.24, 2.45) is 0 Å². The first-order valence-electron chi connectivity index (χ1n) is 14.8. The van der Waals surface area contributed by atoms with Gasteiger partial charge in [0.15, 0.2) is 0 Å². The number of hydrogen-bond donors (Lipinski definition) is 0. The summed E-state index contributed by atoms with van der Waals surface area (Å²) < 4.78 is 40.9. The molecule has 42 heavy (non-hydrogen) atoms. The number of nitrogens with zero attached hydrogens (tertiary/aromatic N) is 5. The van der Waals surface area contributed by atoms with E-state index in [2.05, 4.69) is 59.2 Å². The topological polar surface area (TPSA) is 88.1 Å². The molecular formula is C32H43N5O4S. The summed E-state index contributed by atoms with van der Waals surface area (Å²) in [4.78, 5) is 14.1. The minimum Gasteiger partial charge on any atom is -0.497 e. The Morgan fingerprint density at radius 3 is 2.33 bits per heavy atom. The third-order valence-corrected chi connectivity index (χ3v) is 11.2. The molecule has 2 saturated heterocycles. The second kappa shape index (κ2) is 12.6. The summed E-state index contributed by atoms with van der Waals surface area (Å²) in [5.74, 6) is 1.48. The molecule has 3 heterocycles. The molecule has 2 fully saturated rings. The monoisotopic (exact) mass is 593 g/mol. The summed E-state index contributed by atoms with van der Waals surface area (Å²) in [5.41, 5.74) is 2.69. The fourth-order valence-electron chi connectivity index (χ4n) is 6.61. The van der Waals surface area contributed by atoms with Crippen LogP contribution < -0.4 is 14.4 Å². The molecule has 5 rings (SSSR count). The molecule has 226 valence electrons. The Labute approximate surface area is 250 Å². The highest BCUT2D eigenvalue weighted by molar-refractivity contribution is 7.89. The van der Waals surface area contributed by atoms with Gasteiger partial charge in [-0.25, -0.2) is 13.4 Å². The number of methoxy groups -OCH3 is 1. The van der Waals surface area contributed by atoms with Crippen LogP contribution in [0.4, 0.5) is 5.82 Å². The highest BCUT2D eigenvalue weighted by atomic mass is 32.2. The van der Waals surface area contributed by atoms with Gasteiger partial charge in [-0.05, 0) is 88.5 Å². The number of rotatable bonds is 9. The van der Waals surface area contributed by atoms with Crippen molar-refractivity contribution >= 4 is 15.8 Å². The van der Waals surface area contributed by atoms with Gasteiger partial charge in [-0.2, -0.15) is 9.29 Å². The Kier molecular flexibility index (Phi) is 9.05. The maximum Gasteiger partial charge on any atom is 0.318 e. The molecule has 0 bridgehead atoms.